The lowest BCUT2D eigenvalue weighted by Gasteiger charge is -2.17. The Balaban J connectivity index is 0.00000261. The highest BCUT2D eigenvalue weighted by Gasteiger charge is 2.40. The number of nitro groups is 1. The van der Waals surface area contributed by atoms with Crippen molar-refractivity contribution in [2.24, 2.45) is 11.7 Å². The molecular weight excluding hydrogens is 413 g/mol. The van der Waals surface area contributed by atoms with Gasteiger partial charge in [0.25, 0.3) is 5.69 Å². The van der Waals surface area contributed by atoms with Gasteiger partial charge in [-0.15, -0.1) is 12.4 Å². The fourth-order valence-electron chi connectivity index (χ4n) is 3.30. The summed E-state index contributed by atoms with van der Waals surface area (Å²) in [5.74, 6) is -0.0169. The van der Waals surface area contributed by atoms with E-state index in [2.05, 4.69) is 0 Å². The molecule has 0 saturated carbocycles. The zero-order valence-electron chi connectivity index (χ0n) is 14.2. The molecule has 2 aromatic rings. The number of hydrogen-bond donors (Lipinski definition) is 1. The highest BCUT2D eigenvalue weighted by molar-refractivity contribution is 7.89. The van der Waals surface area contributed by atoms with Crippen LogP contribution in [0.2, 0.25) is 5.02 Å². The third kappa shape index (κ3) is 4.25. The number of nitro benzene ring substituents is 1. The Morgan fingerprint density at radius 2 is 1.85 bits per heavy atom. The first-order chi connectivity index (χ1) is 12.3. The van der Waals surface area contributed by atoms with E-state index in [1.54, 1.807) is 0 Å². The molecule has 3 rings (SSSR count). The summed E-state index contributed by atoms with van der Waals surface area (Å²) in [6.45, 7) is 0.937. The molecule has 0 bridgehead atoms. The molecule has 2 N–H and O–H groups in total. The van der Waals surface area contributed by atoms with Crippen LogP contribution in [0, 0.1) is 16.0 Å². The predicted octanol–water partition coefficient (Wildman–Crippen LogP) is 3.03. The van der Waals surface area contributed by atoms with Crippen molar-refractivity contribution in [2.45, 2.75) is 10.8 Å². The van der Waals surface area contributed by atoms with E-state index in [1.165, 1.54) is 10.4 Å². The maximum absolute atomic E-state index is 13.0. The molecule has 146 valence electrons. The standard InChI is InChI=1S/C17H18ClN3O4S.ClH/c18-16-8-14(21(22)23)6-7-17(16)26(24,25)20-10-13(9-19)15(11-20)12-4-2-1-3-5-12;/h1-8,13,15H,9-11,19H2;1H/t13-,15+;/m1./s1. The Hall–Kier alpha value is -1.71. The van der Waals surface area contributed by atoms with Crippen LogP contribution in [-0.4, -0.2) is 37.3 Å². The topological polar surface area (TPSA) is 107 Å². The molecule has 0 radical (unpaired) electrons. The Bertz CT molecular complexity index is 925. The van der Waals surface area contributed by atoms with E-state index in [-0.39, 0.29) is 46.4 Å². The smallest absolute Gasteiger partial charge is 0.271 e. The lowest BCUT2D eigenvalue weighted by molar-refractivity contribution is -0.384. The van der Waals surface area contributed by atoms with E-state index in [0.29, 0.717) is 13.1 Å². The number of hydrogen-bond acceptors (Lipinski definition) is 5. The summed E-state index contributed by atoms with van der Waals surface area (Å²) in [5.41, 5.74) is 6.65. The van der Waals surface area contributed by atoms with Crippen molar-refractivity contribution in [3.8, 4) is 0 Å². The number of nitrogens with two attached hydrogens (primary N) is 1. The molecule has 0 aromatic heterocycles. The van der Waals surface area contributed by atoms with E-state index in [0.717, 1.165) is 17.7 Å². The summed E-state index contributed by atoms with van der Waals surface area (Å²) in [6, 6.07) is 13.0. The molecule has 7 nitrogen and oxygen atoms in total. The minimum Gasteiger partial charge on any atom is -0.330 e. The molecule has 1 aliphatic rings. The van der Waals surface area contributed by atoms with E-state index < -0.39 is 14.9 Å². The molecule has 1 aliphatic heterocycles. The Kier molecular flexibility index (Phi) is 6.82. The van der Waals surface area contributed by atoms with Crippen LogP contribution in [0.5, 0.6) is 0 Å². The van der Waals surface area contributed by atoms with Crippen molar-refractivity contribution in [1.82, 2.24) is 4.31 Å². The summed E-state index contributed by atoms with van der Waals surface area (Å²) in [6.07, 6.45) is 0. The molecule has 0 aliphatic carbocycles. The van der Waals surface area contributed by atoms with Gasteiger partial charge in [0.15, 0.2) is 0 Å². The van der Waals surface area contributed by atoms with Crippen molar-refractivity contribution in [2.75, 3.05) is 19.6 Å². The Labute approximate surface area is 168 Å². The molecule has 0 amide bonds. The molecule has 2 aromatic carbocycles. The zero-order chi connectivity index (χ0) is 18.9. The van der Waals surface area contributed by atoms with Gasteiger partial charge in [0.2, 0.25) is 10.0 Å². The first kappa shape index (κ1) is 21.6. The second-order valence-corrected chi connectivity index (χ2v) is 8.52. The Morgan fingerprint density at radius 1 is 1.19 bits per heavy atom. The van der Waals surface area contributed by atoms with Gasteiger partial charge in [-0.3, -0.25) is 10.1 Å². The number of benzene rings is 2. The van der Waals surface area contributed by atoms with Gasteiger partial charge in [0.05, 0.1) is 9.95 Å². The minimum absolute atomic E-state index is 0. The van der Waals surface area contributed by atoms with Crippen molar-refractivity contribution in [3.05, 3.63) is 69.2 Å². The molecule has 1 fully saturated rings. The monoisotopic (exact) mass is 431 g/mol. The van der Waals surface area contributed by atoms with Crippen molar-refractivity contribution in [1.29, 1.82) is 0 Å². The SMILES string of the molecule is Cl.NC[C@@H]1CN(S(=O)(=O)c2ccc([N+](=O)[O-])cc2Cl)C[C@H]1c1ccccc1. The highest BCUT2D eigenvalue weighted by Crippen LogP contribution is 2.37. The van der Waals surface area contributed by atoms with Gasteiger partial charge >= 0.3 is 0 Å². The molecule has 0 unspecified atom stereocenters. The highest BCUT2D eigenvalue weighted by atomic mass is 35.5. The maximum Gasteiger partial charge on any atom is 0.271 e. The number of non-ortho nitro benzene ring substituents is 1. The van der Waals surface area contributed by atoms with Crippen LogP contribution in [0.4, 0.5) is 5.69 Å². The van der Waals surface area contributed by atoms with Crippen LogP contribution in [0.15, 0.2) is 53.4 Å². The number of rotatable bonds is 5. The van der Waals surface area contributed by atoms with E-state index >= 15 is 0 Å². The van der Waals surface area contributed by atoms with Crippen molar-refractivity contribution < 1.29 is 13.3 Å². The van der Waals surface area contributed by atoms with Crippen LogP contribution in [-0.2, 0) is 10.0 Å². The third-order valence-corrected chi connectivity index (χ3v) is 7.00. The number of sulfonamides is 1. The van der Waals surface area contributed by atoms with Gasteiger partial charge in [0, 0.05) is 31.1 Å². The minimum atomic E-state index is -3.87. The molecule has 2 atom stereocenters. The van der Waals surface area contributed by atoms with Crippen molar-refractivity contribution in [3.63, 3.8) is 0 Å². The van der Waals surface area contributed by atoms with Crippen LogP contribution in [0.1, 0.15) is 11.5 Å². The summed E-state index contributed by atoms with van der Waals surface area (Å²) in [7, 11) is -3.87. The molecule has 1 saturated heterocycles. The molecule has 10 heteroatoms. The van der Waals surface area contributed by atoms with Crippen LogP contribution in [0.3, 0.4) is 0 Å². The fraction of sp³-hybridized carbons (Fsp3) is 0.294. The molecule has 0 spiro atoms. The van der Waals surface area contributed by atoms with Gasteiger partial charge in [-0.25, -0.2) is 8.42 Å². The summed E-state index contributed by atoms with van der Waals surface area (Å²) >= 11 is 6.03. The maximum atomic E-state index is 13.0. The van der Waals surface area contributed by atoms with E-state index in [4.69, 9.17) is 17.3 Å². The quantitative estimate of drug-likeness (QED) is 0.578. The molecule has 1 heterocycles. The van der Waals surface area contributed by atoms with E-state index in [1.807, 2.05) is 30.3 Å². The summed E-state index contributed by atoms with van der Waals surface area (Å²) in [4.78, 5) is 10.1. The summed E-state index contributed by atoms with van der Waals surface area (Å²) < 4.78 is 27.4. The normalized spacial score (nSPS) is 20.2. The van der Waals surface area contributed by atoms with Crippen LogP contribution in [0.25, 0.3) is 0 Å². The van der Waals surface area contributed by atoms with Gasteiger partial charge in [-0.1, -0.05) is 41.9 Å². The molecular formula is C17H19Cl2N3O4S. The number of halogens is 2. The van der Waals surface area contributed by atoms with Gasteiger partial charge in [-0.2, -0.15) is 4.31 Å². The first-order valence-electron chi connectivity index (χ1n) is 8.03. The zero-order valence-corrected chi connectivity index (χ0v) is 16.6. The first-order valence-corrected chi connectivity index (χ1v) is 9.85. The second-order valence-electron chi connectivity index (χ2n) is 6.21. The average Bonchev–Trinajstić information content (AvgIpc) is 3.07. The Morgan fingerprint density at radius 3 is 2.41 bits per heavy atom. The lowest BCUT2D eigenvalue weighted by atomic mass is 9.89. The van der Waals surface area contributed by atoms with Gasteiger partial charge in [0.1, 0.15) is 4.90 Å². The molecule has 27 heavy (non-hydrogen) atoms. The van der Waals surface area contributed by atoms with E-state index in [9.17, 15) is 18.5 Å². The second kappa shape index (κ2) is 8.53. The lowest BCUT2D eigenvalue weighted by Crippen LogP contribution is -2.30. The largest absolute Gasteiger partial charge is 0.330 e. The van der Waals surface area contributed by atoms with Crippen LogP contribution >= 0.6 is 24.0 Å². The predicted molar refractivity (Wildman–Crippen MR) is 106 cm³/mol. The van der Waals surface area contributed by atoms with Crippen molar-refractivity contribution >= 4 is 39.7 Å². The van der Waals surface area contributed by atoms with Gasteiger partial charge < -0.3 is 5.73 Å². The fourth-order valence-corrected chi connectivity index (χ4v) is 5.33. The number of nitrogens with zero attached hydrogens (tertiary/aromatic N) is 2. The summed E-state index contributed by atoms with van der Waals surface area (Å²) in [5, 5.41) is 10.7. The third-order valence-electron chi connectivity index (χ3n) is 4.68. The average molecular weight is 432 g/mol. The van der Waals surface area contributed by atoms with Crippen LogP contribution < -0.4 is 5.73 Å². The van der Waals surface area contributed by atoms with Gasteiger partial charge in [-0.05, 0) is 24.1 Å².